The van der Waals surface area contributed by atoms with Crippen molar-refractivity contribution in [1.82, 2.24) is 4.98 Å². The zero-order valence-corrected chi connectivity index (χ0v) is 10.1. The van der Waals surface area contributed by atoms with Crippen molar-refractivity contribution in [2.45, 2.75) is 20.4 Å². The van der Waals surface area contributed by atoms with Gasteiger partial charge in [-0.15, -0.1) is 0 Å². The zero-order valence-electron chi connectivity index (χ0n) is 10.1. The fraction of sp³-hybridized carbons (Fsp3) is 0.250. The molecule has 0 aliphatic carbocycles. The summed E-state index contributed by atoms with van der Waals surface area (Å²) in [5, 5.41) is 13.8. The van der Waals surface area contributed by atoms with Crippen LogP contribution < -0.4 is 5.32 Å². The summed E-state index contributed by atoms with van der Waals surface area (Å²) in [5.74, 6) is 1.29. The van der Waals surface area contributed by atoms with Gasteiger partial charge in [0.25, 0.3) is 5.69 Å². The van der Waals surface area contributed by atoms with Crippen LogP contribution >= 0.6 is 0 Å². The van der Waals surface area contributed by atoms with E-state index in [4.69, 9.17) is 4.42 Å². The maximum atomic E-state index is 10.7. The van der Waals surface area contributed by atoms with Crippen LogP contribution in [0.3, 0.4) is 0 Å². The number of nitrogens with zero attached hydrogens (tertiary/aromatic N) is 2. The Morgan fingerprint density at radius 3 is 2.78 bits per heavy atom. The maximum absolute atomic E-state index is 10.7. The molecule has 1 aromatic carbocycles. The summed E-state index contributed by atoms with van der Waals surface area (Å²) in [7, 11) is 0. The van der Waals surface area contributed by atoms with Gasteiger partial charge >= 0.3 is 0 Å². The molecule has 0 fully saturated rings. The number of nitrogens with one attached hydrogen (secondary N) is 1. The molecule has 0 amide bonds. The third-order valence-corrected chi connectivity index (χ3v) is 2.39. The number of hydrogen-bond donors (Lipinski definition) is 1. The molecule has 0 radical (unpaired) electrons. The monoisotopic (exact) mass is 247 g/mol. The summed E-state index contributed by atoms with van der Waals surface area (Å²) in [6, 6.07) is 4.85. The van der Waals surface area contributed by atoms with Crippen molar-refractivity contribution in [2.75, 3.05) is 5.32 Å². The number of aromatic nitrogens is 1. The molecule has 0 unspecified atom stereocenters. The molecule has 0 atom stereocenters. The van der Waals surface area contributed by atoms with Crippen LogP contribution in [0.5, 0.6) is 0 Å². The van der Waals surface area contributed by atoms with Gasteiger partial charge in [-0.25, -0.2) is 4.98 Å². The third kappa shape index (κ3) is 2.85. The van der Waals surface area contributed by atoms with E-state index in [0.717, 1.165) is 11.3 Å². The second-order valence-electron chi connectivity index (χ2n) is 4.03. The molecule has 0 aliphatic heterocycles. The van der Waals surface area contributed by atoms with Crippen LogP contribution in [0.4, 0.5) is 11.4 Å². The highest BCUT2D eigenvalue weighted by atomic mass is 16.6. The van der Waals surface area contributed by atoms with E-state index in [-0.39, 0.29) is 5.69 Å². The molecule has 0 spiro atoms. The van der Waals surface area contributed by atoms with E-state index in [1.165, 1.54) is 12.1 Å². The lowest BCUT2D eigenvalue weighted by molar-refractivity contribution is -0.384. The molecule has 2 aromatic rings. The van der Waals surface area contributed by atoms with E-state index >= 15 is 0 Å². The van der Waals surface area contributed by atoms with Crippen LogP contribution in [0.25, 0.3) is 0 Å². The topological polar surface area (TPSA) is 81.2 Å². The Labute approximate surface area is 104 Å². The molecular formula is C12H13N3O3. The average molecular weight is 247 g/mol. The van der Waals surface area contributed by atoms with Crippen molar-refractivity contribution in [3.8, 4) is 0 Å². The van der Waals surface area contributed by atoms with Crippen LogP contribution in [0.1, 0.15) is 17.2 Å². The van der Waals surface area contributed by atoms with Crippen LogP contribution in [0, 0.1) is 24.0 Å². The van der Waals surface area contributed by atoms with Crippen LogP contribution in [-0.4, -0.2) is 9.91 Å². The van der Waals surface area contributed by atoms with Crippen LogP contribution in [-0.2, 0) is 6.54 Å². The average Bonchev–Trinajstić information content (AvgIpc) is 2.72. The Kier molecular flexibility index (Phi) is 3.27. The Bertz CT molecular complexity index is 578. The minimum atomic E-state index is -0.409. The van der Waals surface area contributed by atoms with Crippen molar-refractivity contribution < 1.29 is 9.34 Å². The minimum Gasteiger partial charge on any atom is -0.444 e. The van der Waals surface area contributed by atoms with Crippen molar-refractivity contribution in [1.29, 1.82) is 0 Å². The van der Waals surface area contributed by atoms with Gasteiger partial charge in [-0.05, 0) is 25.5 Å². The van der Waals surface area contributed by atoms with Crippen molar-refractivity contribution >= 4 is 11.4 Å². The van der Waals surface area contributed by atoms with Crippen LogP contribution in [0.15, 0.2) is 28.8 Å². The predicted molar refractivity (Wildman–Crippen MR) is 66.4 cm³/mol. The zero-order chi connectivity index (χ0) is 13.1. The summed E-state index contributed by atoms with van der Waals surface area (Å²) in [6.45, 7) is 4.02. The summed E-state index contributed by atoms with van der Waals surface area (Å²) in [4.78, 5) is 14.4. The first-order chi connectivity index (χ1) is 8.54. The second-order valence-corrected chi connectivity index (χ2v) is 4.03. The number of rotatable bonds is 4. The lowest BCUT2D eigenvalue weighted by Crippen LogP contribution is -2.00. The number of anilines is 1. The smallest absolute Gasteiger partial charge is 0.271 e. The molecule has 6 nitrogen and oxygen atoms in total. The normalized spacial score (nSPS) is 10.3. The van der Waals surface area contributed by atoms with Gasteiger partial charge in [-0.2, -0.15) is 0 Å². The molecule has 0 bridgehead atoms. The van der Waals surface area contributed by atoms with Gasteiger partial charge < -0.3 is 9.73 Å². The Morgan fingerprint density at radius 1 is 1.39 bits per heavy atom. The molecule has 0 aliphatic rings. The van der Waals surface area contributed by atoms with E-state index < -0.39 is 4.92 Å². The number of nitro benzene ring substituents is 1. The predicted octanol–water partition coefficient (Wildman–Crippen LogP) is 2.81. The van der Waals surface area contributed by atoms with Crippen molar-refractivity contribution in [3.63, 3.8) is 0 Å². The highest BCUT2D eigenvalue weighted by Crippen LogP contribution is 2.20. The first kappa shape index (κ1) is 12.1. The van der Waals surface area contributed by atoms with Crippen LogP contribution in [0.2, 0.25) is 0 Å². The first-order valence-electron chi connectivity index (χ1n) is 5.46. The lowest BCUT2D eigenvalue weighted by atomic mass is 10.2. The number of hydrogen-bond acceptors (Lipinski definition) is 5. The number of aryl methyl sites for hydroxylation is 2. The van der Waals surface area contributed by atoms with Gasteiger partial charge in [-0.3, -0.25) is 10.1 Å². The first-order valence-corrected chi connectivity index (χ1v) is 5.46. The van der Waals surface area contributed by atoms with Gasteiger partial charge in [0.1, 0.15) is 5.76 Å². The summed E-state index contributed by atoms with van der Waals surface area (Å²) >= 11 is 0. The van der Waals surface area contributed by atoms with Gasteiger partial charge in [0.05, 0.1) is 17.7 Å². The lowest BCUT2D eigenvalue weighted by Gasteiger charge is -2.05. The standard InChI is InChI=1S/C12H13N3O3/c1-8-3-10(5-11(4-8)15(16)17)13-7-12-14-6-9(2)18-12/h3-6,13H,7H2,1-2H3. The summed E-state index contributed by atoms with van der Waals surface area (Å²) < 4.78 is 5.31. The molecule has 1 N–H and O–H groups in total. The molecule has 94 valence electrons. The Hall–Kier alpha value is -2.37. The summed E-state index contributed by atoms with van der Waals surface area (Å²) in [5.41, 5.74) is 1.58. The molecule has 0 saturated carbocycles. The fourth-order valence-corrected chi connectivity index (χ4v) is 1.63. The highest BCUT2D eigenvalue weighted by molar-refractivity contribution is 5.53. The molecule has 2 rings (SSSR count). The highest BCUT2D eigenvalue weighted by Gasteiger charge is 2.08. The number of non-ortho nitro benzene ring substituents is 1. The number of oxazole rings is 1. The maximum Gasteiger partial charge on any atom is 0.271 e. The number of benzene rings is 1. The van der Waals surface area contributed by atoms with Gasteiger partial charge in [0, 0.05) is 17.8 Å². The van der Waals surface area contributed by atoms with Gasteiger partial charge in [0.15, 0.2) is 0 Å². The Balaban J connectivity index is 2.11. The van der Waals surface area contributed by atoms with Crippen molar-refractivity contribution in [2.24, 2.45) is 0 Å². The minimum absolute atomic E-state index is 0.0704. The van der Waals surface area contributed by atoms with E-state index in [1.807, 2.05) is 19.9 Å². The Morgan fingerprint density at radius 2 is 2.17 bits per heavy atom. The third-order valence-electron chi connectivity index (χ3n) is 2.39. The molecule has 18 heavy (non-hydrogen) atoms. The van der Waals surface area contributed by atoms with E-state index in [1.54, 1.807) is 6.20 Å². The van der Waals surface area contributed by atoms with E-state index in [0.29, 0.717) is 18.1 Å². The molecule has 6 heteroatoms. The van der Waals surface area contributed by atoms with Gasteiger partial charge in [0.2, 0.25) is 5.89 Å². The van der Waals surface area contributed by atoms with Gasteiger partial charge in [-0.1, -0.05) is 0 Å². The largest absolute Gasteiger partial charge is 0.444 e. The summed E-state index contributed by atoms with van der Waals surface area (Å²) in [6.07, 6.45) is 1.63. The number of nitro groups is 1. The second kappa shape index (κ2) is 4.87. The van der Waals surface area contributed by atoms with Crippen molar-refractivity contribution in [3.05, 3.63) is 51.7 Å². The van der Waals surface area contributed by atoms with E-state index in [9.17, 15) is 10.1 Å². The molecule has 1 heterocycles. The van der Waals surface area contributed by atoms with E-state index in [2.05, 4.69) is 10.3 Å². The SMILES string of the molecule is Cc1cc(NCc2ncc(C)o2)cc([N+](=O)[O-])c1. The fourth-order valence-electron chi connectivity index (χ4n) is 1.63. The molecular weight excluding hydrogens is 234 g/mol. The molecule has 1 aromatic heterocycles. The molecule has 0 saturated heterocycles. The quantitative estimate of drug-likeness (QED) is 0.663.